The summed E-state index contributed by atoms with van der Waals surface area (Å²) < 4.78 is 6.71. The number of aliphatic hydroxyl groups is 1. The summed E-state index contributed by atoms with van der Waals surface area (Å²) in [5, 5.41) is 11.2. The van der Waals surface area contributed by atoms with Crippen LogP contribution in [0.1, 0.15) is 106 Å². The van der Waals surface area contributed by atoms with Gasteiger partial charge in [-0.3, -0.25) is 0 Å². The molecule has 6 fully saturated rings. The molecule has 3 heteroatoms. The molecule has 188 valence electrons. The topological polar surface area (TPSA) is 29.5 Å². The Balaban J connectivity index is 1.40. The van der Waals surface area contributed by atoms with Gasteiger partial charge in [0, 0.05) is 4.83 Å². The molecule has 1 aliphatic heterocycles. The van der Waals surface area contributed by atoms with Crippen molar-refractivity contribution < 1.29 is 9.84 Å². The zero-order valence-corrected chi connectivity index (χ0v) is 23.9. The van der Waals surface area contributed by atoms with Gasteiger partial charge in [0.05, 0.1) is 18.8 Å². The van der Waals surface area contributed by atoms with Gasteiger partial charge in [-0.15, -0.1) is 0 Å². The number of halogens is 1. The molecule has 6 rings (SSSR count). The van der Waals surface area contributed by atoms with E-state index in [9.17, 15) is 5.11 Å². The number of hydrogen-bond acceptors (Lipinski definition) is 2. The van der Waals surface area contributed by atoms with Crippen LogP contribution in [0, 0.1) is 56.2 Å². The molecule has 1 heterocycles. The molecule has 33 heavy (non-hydrogen) atoms. The molecule has 0 radical (unpaired) electrons. The van der Waals surface area contributed by atoms with Gasteiger partial charge >= 0.3 is 0 Å². The number of hydrogen-bond donors (Lipinski definition) is 1. The molecule has 0 aromatic carbocycles. The summed E-state index contributed by atoms with van der Waals surface area (Å²) in [7, 11) is 0. The van der Waals surface area contributed by atoms with Crippen LogP contribution in [0.4, 0.5) is 0 Å². The molecule has 1 N–H and O–H groups in total. The van der Waals surface area contributed by atoms with Gasteiger partial charge in [-0.25, -0.2) is 0 Å². The van der Waals surface area contributed by atoms with Crippen LogP contribution in [-0.4, -0.2) is 28.7 Å². The first kappa shape index (κ1) is 23.8. The van der Waals surface area contributed by atoms with Crippen LogP contribution in [-0.2, 0) is 4.74 Å². The van der Waals surface area contributed by atoms with E-state index >= 15 is 0 Å². The highest BCUT2D eigenvalue weighted by Gasteiger charge is 2.73. The van der Waals surface area contributed by atoms with Crippen molar-refractivity contribution in [1.82, 2.24) is 0 Å². The lowest BCUT2D eigenvalue weighted by molar-refractivity contribution is -0.248. The average Bonchev–Trinajstić information content (AvgIpc) is 3.06. The molecule has 2 nitrogen and oxygen atoms in total. The third-order valence-corrected chi connectivity index (χ3v) is 15.8. The summed E-state index contributed by atoms with van der Waals surface area (Å²) in [5.41, 5.74) is 1.96. The normalized spacial score (nSPS) is 60.8. The second kappa shape index (κ2) is 6.83. The van der Waals surface area contributed by atoms with E-state index in [1.807, 2.05) is 0 Å². The van der Waals surface area contributed by atoms with Crippen molar-refractivity contribution in [1.29, 1.82) is 0 Å². The van der Waals surface area contributed by atoms with Crippen LogP contribution in [0.2, 0.25) is 0 Å². The van der Waals surface area contributed by atoms with Crippen LogP contribution in [0.15, 0.2) is 0 Å². The minimum absolute atomic E-state index is 0.141. The highest BCUT2D eigenvalue weighted by molar-refractivity contribution is 9.09. The fourth-order valence-electron chi connectivity index (χ4n) is 12.1. The summed E-state index contributed by atoms with van der Waals surface area (Å²) >= 11 is 3.93. The molecule has 1 saturated heterocycles. The Hall–Kier alpha value is 0.400. The Morgan fingerprint density at radius 3 is 2.21 bits per heavy atom. The Kier molecular flexibility index (Phi) is 4.92. The van der Waals surface area contributed by atoms with E-state index in [0.717, 1.165) is 30.8 Å². The first-order valence-electron chi connectivity index (χ1n) is 14.2. The van der Waals surface area contributed by atoms with Crippen molar-refractivity contribution in [2.24, 2.45) is 56.2 Å². The van der Waals surface area contributed by atoms with E-state index in [2.05, 4.69) is 64.4 Å². The maximum atomic E-state index is 11.2. The largest absolute Gasteiger partial charge is 0.392 e. The average molecular weight is 522 g/mol. The Labute approximate surface area is 211 Å². The Morgan fingerprint density at radius 2 is 1.48 bits per heavy atom. The molecule has 5 saturated carbocycles. The van der Waals surface area contributed by atoms with Crippen molar-refractivity contribution in [2.75, 3.05) is 6.61 Å². The maximum Gasteiger partial charge on any atom is 0.0675 e. The maximum absolute atomic E-state index is 11.2. The highest BCUT2D eigenvalue weighted by atomic mass is 79.9. The molecular weight excluding hydrogens is 472 g/mol. The number of fused-ring (bicyclic) bond motifs is 5. The molecule has 0 spiro atoms. The van der Waals surface area contributed by atoms with E-state index in [4.69, 9.17) is 4.74 Å². The molecule has 2 bridgehead atoms. The SMILES string of the molecule is CC1(C)CC[C@]23CC[C@]4(C)[C@H](CC[C@H]5[C@@]6(C)C[C@H](O)[C@@H](Br)C(C)(C)[C@@H]6CC[C@]54C)[C@H]2[C@@H]1OC3. The Bertz CT molecular complexity index is 837. The van der Waals surface area contributed by atoms with Gasteiger partial charge in [-0.2, -0.15) is 0 Å². The lowest BCUT2D eigenvalue weighted by Gasteiger charge is -2.73. The molecule has 0 aromatic heterocycles. The first-order chi connectivity index (χ1) is 15.2. The van der Waals surface area contributed by atoms with Crippen molar-refractivity contribution >= 4 is 15.9 Å². The van der Waals surface area contributed by atoms with E-state index in [1.54, 1.807) is 0 Å². The number of alkyl halides is 1. The number of rotatable bonds is 0. The molecule has 5 aliphatic carbocycles. The molecule has 0 aromatic rings. The second-order valence-corrected chi connectivity index (χ2v) is 16.8. The molecule has 0 amide bonds. The predicted octanol–water partition coefficient (Wildman–Crippen LogP) is 7.61. The predicted molar refractivity (Wildman–Crippen MR) is 138 cm³/mol. The monoisotopic (exact) mass is 520 g/mol. The van der Waals surface area contributed by atoms with Crippen molar-refractivity contribution in [2.45, 2.75) is 123 Å². The number of aliphatic hydroxyl groups excluding tert-OH is 1. The summed E-state index contributed by atoms with van der Waals surface area (Å²) in [5.74, 6) is 3.00. The third-order valence-electron chi connectivity index (χ3n) is 14.0. The molecular formula is C30H49BrO2. The molecule has 0 unspecified atom stereocenters. The zero-order valence-electron chi connectivity index (χ0n) is 22.3. The van der Waals surface area contributed by atoms with Crippen LogP contribution in [0.5, 0.6) is 0 Å². The fourth-order valence-corrected chi connectivity index (χ4v) is 12.6. The second-order valence-electron chi connectivity index (χ2n) is 15.8. The fraction of sp³-hybridized carbons (Fsp3) is 1.00. The summed E-state index contributed by atoms with van der Waals surface area (Å²) in [6.07, 6.45) is 12.2. The van der Waals surface area contributed by atoms with E-state index in [1.165, 1.54) is 51.4 Å². The standard InChI is InChI=1S/C30H49BrO2/c1-25(2)12-14-30-15-13-28(6)18(22(30)24(25)33-17-30)8-9-21-27(5)16-19(32)23(31)26(3,4)20(27)10-11-29(21,28)7/h18-24,32H,8-17H2,1-7H3/t18-,19+,20+,21+,22+,23-,24+,27+,28-,29-,30-/m1/s1. The molecule has 6 aliphatic rings. The lowest BCUT2D eigenvalue weighted by atomic mass is 9.31. The van der Waals surface area contributed by atoms with Gasteiger partial charge in [0.25, 0.3) is 0 Å². The van der Waals surface area contributed by atoms with Gasteiger partial charge in [-0.1, -0.05) is 64.4 Å². The Morgan fingerprint density at radius 1 is 0.788 bits per heavy atom. The third kappa shape index (κ3) is 2.70. The smallest absolute Gasteiger partial charge is 0.0675 e. The van der Waals surface area contributed by atoms with Gasteiger partial charge in [0.2, 0.25) is 0 Å². The lowest BCUT2D eigenvalue weighted by Crippen LogP contribution is -2.68. The van der Waals surface area contributed by atoms with Gasteiger partial charge < -0.3 is 9.84 Å². The first-order valence-corrected chi connectivity index (χ1v) is 15.1. The summed E-state index contributed by atoms with van der Waals surface area (Å²) in [6.45, 7) is 18.9. The van der Waals surface area contributed by atoms with E-state index in [-0.39, 0.29) is 21.8 Å². The van der Waals surface area contributed by atoms with Crippen LogP contribution in [0.3, 0.4) is 0 Å². The van der Waals surface area contributed by atoms with Crippen LogP contribution >= 0.6 is 15.9 Å². The van der Waals surface area contributed by atoms with Gasteiger partial charge in [-0.05, 0) is 114 Å². The van der Waals surface area contributed by atoms with Crippen LogP contribution in [0.25, 0.3) is 0 Å². The van der Waals surface area contributed by atoms with Crippen molar-refractivity contribution in [3.05, 3.63) is 0 Å². The minimum atomic E-state index is -0.229. The van der Waals surface area contributed by atoms with Gasteiger partial charge in [0.15, 0.2) is 0 Å². The molecule has 11 atom stereocenters. The number of ether oxygens (including phenoxy) is 1. The van der Waals surface area contributed by atoms with E-state index < -0.39 is 0 Å². The summed E-state index contributed by atoms with van der Waals surface area (Å²) in [6, 6.07) is 0. The van der Waals surface area contributed by atoms with E-state index in [0.29, 0.717) is 33.7 Å². The quantitative estimate of drug-likeness (QED) is 0.333. The minimum Gasteiger partial charge on any atom is -0.392 e. The highest BCUT2D eigenvalue weighted by Crippen LogP contribution is 2.78. The summed E-state index contributed by atoms with van der Waals surface area (Å²) in [4.78, 5) is 0.214. The zero-order chi connectivity index (χ0) is 23.8. The van der Waals surface area contributed by atoms with Gasteiger partial charge in [0.1, 0.15) is 0 Å². The van der Waals surface area contributed by atoms with Crippen molar-refractivity contribution in [3.63, 3.8) is 0 Å². The van der Waals surface area contributed by atoms with Crippen molar-refractivity contribution in [3.8, 4) is 0 Å². The van der Waals surface area contributed by atoms with Crippen LogP contribution < -0.4 is 0 Å².